The Balaban J connectivity index is 0.00000225. The van der Waals surface area contributed by atoms with Crippen LogP contribution in [-0.2, 0) is 0 Å². The summed E-state index contributed by atoms with van der Waals surface area (Å²) in [7, 11) is 0. The van der Waals surface area contributed by atoms with E-state index in [1.165, 1.54) is 0 Å². The molecule has 0 amide bonds. The Kier molecular flexibility index (Phi) is 6.41. The SMILES string of the molecule is Fc1cc(OC(F)F)cc([B-](F)(F)F)c1.[K+]. The molecule has 0 unspecified atom stereocenters. The Labute approximate surface area is 130 Å². The molecule has 0 saturated carbocycles. The van der Waals surface area contributed by atoms with E-state index in [0.717, 1.165) is 0 Å². The van der Waals surface area contributed by atoms with Gasteiger partial charge in [-0.25, -0.2) is 4.39 Å². The maximum atomic E-state index is 12.6. The number of ether oxygens (including phenoxy) is 1. The number of hydrogen-bond donors (Lipinski definition) is 0. The molecule has 0 atom stereocenters. The smallest absolute Gasteiger partial charge is 0.445 e. The summed E-state index contributed by atoms with van der Waals surface area (Å²) in [4.78, 5) is 0. The van der Waals surface area contributed by atoms with Crippen molar-refractivity contribution in [3.8, 4) is 5.75 Å². The van der Waals surface area contributed by atoms with Crippen LogP contribution in [0.4, 0.5) is 26.1 Å². The third-order valence-electron chi connectivity index (χ3n) is 1.50. The van der Waals surface area contributed by atoms with Crippen molar-refractivity contribution in [1.29, 1.82) is 0 Å². The minimum atomic E-state index is -5.44. The number of halogens is 6. The fraction of sp³-hybridized carbons (Fsp3) is 0.143. The second-order valence-corrected chi connectivity index (χ2v) is 2.67. The summed E-state index contributed by atoms with van der Waals surface area (Å²) in [6, 6.07) is 1.01. The van der Waals surface area contributed by atoms with Crippen molar-refractivity contribution >= 4 is 12.4 Å². The molecule has 1 aromatic carbocycles. The molecule has 0 fully saturated rings. The van der Waals surface area contributed by atoms with E-state index < -0.39 is 30.6 Å². The van der Waals surface area contributed by atoms with E-state index in [1.807, 2.05) is 0 Å². The van der Waals surface area contributed by atoms with Gasteiger partial charge in [0.25, 0.3) is 0 Å². The van der Waals surface area contributed by atoms with Crippen LogP contribution < -0.4 is 61.6 Å². The Morgan fingerprint density at radius 3 is 2.06 bits per heavy atom. The van der Waals surface area contributed by atoms with Crippen molar-refractivity contribution in [1.82, 2.24) is 0 Å². The van der Waals surface area contributed by atoms with Gasteiger partial charge >= 0.3 is 65.0 Å². The largest absolute Gasteiger partial charge is 1.00 e. The summed E-state index contributed by atoms with van der Waals surface area (Å²) >= 11 is 0. The quantitative estimate of drug-likeness (QED) is 0.530. The van der Waals surface area contributed by atoms with Crippen molar-refractivity contribution < 1.29 is 82.2 Å². The summed E-state index contributed by atoms with van der Waals surface area (Å²) in [5, 5.41) is 0. The average molecular weight is 268 g/mol. The third kappa shape index (κ3) is 5.09. The second-order valence-electron chi connectivity index (χ2n) is 2.67. The minimum Gasteiger partial charge on any atom is -0.445 e. The van der Waals surface area contributed by atoms with Crippen LogP contribution in [0.3, 0.4) is 0 Å². The van der Waals surface area contributed by atoms with Crippen LogP contribution >= 0.6 is 0 Å². The van der Waals surface area contributed by atoms with Gasteiger partial charge in [0.15, 0.2) is 0 Å². The van der Waals surface area contributed by atoms with E-state index in [2.05, 4.69) is 4.74 Å². The van der Waals surface area contributed by atoms with Crippen LogP contribution in [0.25, 0.3) is 0 Å². The molecule has 0 spiro atoms. The van der Waals surface area contributed by atoms with Gasteiger partial charge in [-0.1, -0.05) is 6.07 Å². The van der Waals surface area contributed by atoms with Crippen molar-refractivity contribution in [3.05, 3.63) is 24.0 Å². The number of rotatable bonds is 3. The zero-order chi connectivity index (χ0) is 11.6. The minimum absolute atomic E-state index is 0. The molecule has 0 saturated heterocycles. The molecular weight excluding hydrogens is 264 g/mol. The second kappa shape index (κ2) is 6.29. The number of alkyl halides is 2. The standard InChI is InChI=1S/C7H4BF6O.K/c9-5-1-4(8(12,13)14)2-6(3-5)15-7(10)11;/h1-3,7H;/q-1;+1. The molecule has 1 aromatic rings. The fourth-order valence-corrected chi connectivity index (χ4v) is 0.944. The van der Waals surface area contributed by atoms with Crippen molar-refractivity contribution in [3.63, 3.8) is 0 Å². The van der Waals surface area contributed by atoms with Crippen LogP contribution in [0.2, 0.25) is 0 Å². The summed E-state index contributed by atoms with van der Waals surface area (Å²) in [5.41, 5.74) is -1.31. The monoisotopic (exact) mass is 268 g/mol. The molecule has 0 aliphatic rings. The van der Waals surface area contributed by atoms with Crippen LogP contribution in [0, 0.1) is 5.82 Å². The third-order valence-corrected chi connectivity index (χ3v) is 1.50. The van der Waals surface area contributed by atoms with Gasteiger partial charge in [-0.3, -0.25) is 0 Å². The molecule has 0 aliphatic carbocycles. The zero-order valence-electron chi connectivity index (χ0n) is 8.06. The fourth-order valence-electron chi connectivity index (χ4n) is 0.944. The summed E-state index contributed by atoms with van der Waals surface area (Å²) < 4.78 is 76.0. The first-order valence-corrected chi connectivity index (χ1v) is 3.74. The van der Waals surface area contributed by atoms with E-state index in [1.54, 1.807) is 0 Å². The van der Waals surface area contributed by atoms with Gasteiger partial charge in [0.1, 0.15) is 11.6 Å². The topological polar surface area (TPSA) is 9.23 Å². The van der Waals surface area contributed by atoms with Gasteiger partial charge in [0.05, 0.1) is 0 Å². The van der Waals surface area contributed by atoms with Crippen LogP contribution in [-0.4, -0.2) is 13.6 Å². The van der Waals surface area contributed by atoms with E-state index in [-0.39, 0.29) is 57.5 Å². The first-order chi connectivity index (χ1) is 6.79. The van der Waals surface area contributed by atoms with Crippen LogP contribution in [0.1, 0.15) is 0 Å². The predicted molar refractivity (Wildman–Crippen MR) is 41.7 cm³/mol. The molecule has 0 radical (unpaired) electrons. The molecule has 9 heteroatoms. The maximum absolute atomic E-state index is 12.6. The Bertz CT molecular complexity index is 355. The van der Waals surface area contributed by atoms with Gasteiger partial charge in [0, 0.05) is 6.07 Å². The molecule has 16 heavy (non-hydrogen) atoms. The normalized spacial score (nSPS) is 11.2. The van der Waals surface area contributed by atoms with E-state index in [4.69, 9.17) is 0 Å². The zero-order valence-corrected chi connectivity index (χ0v) is 11.2. The average Bonchev–Trinajstić information content (AvgIpc) is 1.99. The van der Waals surface area contributed by atoms with E-state index in [9.17, 15) is 26.1 Å². The molecule has 1 rings (SSSR count). The van der Waals surface area contributed by atoms with E-state index >= 15 is 0 Å². The molecule has 0 aliphatic heterocycles. The van der Waals surface area contributed by atoms with E-state index in [0.29, 0.717) is 12.1 Å². The molecule has 0 N–H and O–H groups in total. The Hall–Kier alpha value is 0.301. The van der Waals surface area contributed by atoms with Gasteiger partial charge < -0.3 is 17.7 Å². The van der Waals surface area contributed by atoms with Crippen molar-refractivity contribution in [2.75, 3.05) is 0 Å². The van der Waals surface area contributed by atoms with Crippen molar-refractivity contribution in [2.45, 2.75) is 6.61 Å². The van der Waals surface area contributed by atoms with Crippen LogP contribution in [0.5, 0.6) is 5.75 Å². The molecule has 0 bridgehead atoms. The maximum Gasteiger partial charge on any atom is 1.00 e. The summed E-state index contributed by atoms with van der Waals surface area (Å²) in [6.45, 7) is -8.73. The molecule has 0 aromatic heterocycles. The first kappa shape index (κ1) is 16.3. The number of benzene rings is 1. The predicted octanol–water partition coefficient (Wildman–Crippen LogP) is -0.515. The Morgan fingerprint density at radius 2 is 1.62 bits per heavy atom. The van der Waals surface area contributed by atoms with Crippen molar-refractivity contribution in [2.24, 2.45) is 0 Å². The first-order valence-electron chi connectivity index (χ1n) is 3.74. The Morgan fingerprint density at radius 1 is 1.06 bits per heavy atom. The summed E-state index contributed by atoms with van der Waals surface area (Å²) in [5.74, 6) is -2.12. The van der Waals surface area contributed by atoms with Crippen LogP contribution in [0.15, 0.2) is 18.2 Å². The molecule has 84 valence electrons. The molecular formula is C7H4BF6KO. The van der Waals surface area contributed by atoms with Gasteiger partial charge in [0.2, 0.25) is 0 Å². The van der Waals surface area contributed by atoms with Gasteiger partial charge in [-0.15, -0.1) is 5.46 Å². The van der Waals surface area contributed by atoms with Gasteiger partial charge in [-0.2, -0.15) is 8.78 Å². The van der Waals surface area contributed by atoms with Gasteiger partial charge in [-0.05, 0) is 6.07 Å². The summed E-state index contributed by atoms with van der Waals surface area (Å²) in [6.07, 6.45) is 0. The number of hydrogen-bond acceptors (Lipinski definition) is 1. The molecule has 1 nitrogen and oxygen atoms in total. The molecule has 0 heterocycles.